The molecular weight excluding hydrogens is 536 g/mol. The van der Waals surface area contributed by atoms with E-state index in [1.165, 1.54) is 47.6 Å². The van der Waals surface area contributed by atoms with E-state index in [4.69, 9.17) is 19.4 Å². The Bertz CT molecular complexity index is 1260. The summed E-state index contributed by atoms with van der Waals surface area (Å²) in [6.45, 7) is 6.55. The number of carboxylic acids is 1. The maximum absolute atomic E-state index is 13.4. The highest BCUT2D eigenvalue weighted by Gasteiger charge is 2.41. The molecule has 2 amide bonds. The average molecular weight is 567 g/mol. The van der Waals surface area contributed by atoms with E-state index in [0.29, 0.717) is 0 Å². The number of hydroxylamine groups is 1. The van der Waals surface area contributed by atoms with Crippen LogP contribution in [0.3, 0.4) is 0 Å². The maximum atomic E-state index is 13.4. The lowest BCUT2D eigenvalue weighted by Gasteiger charge is -2.28. The fraction of sp³-hybridized carbons (Fsp3) is 0.524. The highest BCUT2D eigenvalue weighted by molar-refractivity contribution is 7.93. The summed E-state index contributed by atoms with van der Waals surface area (Å²) in [5, 5.41) is 9.15. The van der Waals surface area contributed by atoms with Gasteiger partial charge in [-0.2, -0.15) is 8.42 Å². The Balaban J connectivity index is 3.56. The van der Waals surface area contributed by atoms with E-state index in [0.717, 1.165) is 24.5 Å². The first-order valence-corrected chi connectivity index (χ1v) is 13.9. The second-order valence-corrected chi connectivity index (χ2v) is 13.3. The SMILES string of the molecule is CC(C)(C)OC(=O)CN(CC(=O)O)C(=O)ON(C(=O)OC(C)(C)C)S(=O)(=O)c1ccccc1S(C)(=O)=O. The van der Waals surface area contributed by atoms with Gasteiger partial charge < -0.3 is 14.6 Å². The molecule has 0 bridgehead atoms. The Morgan fingerprint density at radius 2 is 1.30 bits per heavy atom. The van der Waals surface area contributed by atoms with Gasteiger partial charge in [-0.1, -0.05) is 12.1 Å². The maximum Gasteiger partial charge on any atom is 0.459 e. The minimum absolute atomic E-state index is 0.270. The predicted octanol–water partition coefficient (Wildman–Crippen LogP) is 1.80. The highest BCUT2D eigenvalue weighted by Crippen LogP contribution is 2.26. The lowest BCUT2D eigenvalue weighted by Crippen LogP contribution is -2.48. The van der Waals surface area contributed by atoms with E-state index in [9.17, 15) is 36.0 Å². The number of esters is 1. The zero-order chi connectivity index (χ0) is 29.0. The number of nitrogens with zero attached hydrogens (tertiary/aromatic N) is 2. The average Bonchev–Trinajstić information content (AvgIpc) is 2.67. The first-order valence-electron chi connectivity index (χ1n) is 10.5. The molecule has 0 unspecified atom stereocenters. The summed E-state index contributed by atoms with van der Waals surface area (Å²) in [5.74, 6) is -2.66. The summed E-state index contributed by atoms with van der Waals surface area (Å²) in [5.41, 5.74) is -2.30. The number of carbonyl (C=O) groups excluding carboxylic acids is 3. The van der Waals surface area contributed by atoms with Crippen molar-refractivity contribution in [1.82, 2.24) is 9.37 Å². The van der Waals surface area contributed by atoms with E-state index in [2.05, 4.69) is 0 Å². The normalized spacial score (nSPS) is 12.3. The smallest absolute Gasteiger partial charge is 0.459 e. The molecule has 1 N–H and O–H groups in total. The van der Waals surface area contributed by atoms with Crippen LogP contribution in [0, 0.1) is 0 Å². The topological polar surface area (TPSA) is 191 Å². The largest absolute Gasteiger partial charge is 0.480 e. The molecule has 1 aromatic rings. The van der Waals surface area contributed by atoms with Crippen LogP contribution in [0.4, 0.5) is 9.59 Å². The number of hydrogen-bond acceptors (Lipinski definition) is 11. The monoisotopic (exact) mass is 566 g/mol. The molecule has 208 valence electrons. The number of aliphatic carboxylic acids is 1. The summed E-state index contributed by atoms with van der Waals surface area (Å²) in [6.07, 6.45) is -2.77. The van der Waals surface area contributed by atoms with Gasteiger partial charge in [0.2, 0.25) is 0 Å². The predicted molar refractivity (Wildman–Crippen MR) is 126 cm³/mol. The molecule has 0 aromatic heterocycles. The fourth-order valence-corrected chi connectivity index (χ4v) is 5.23. The lowest BCUT2D eigenvalue weighted by atomic mass is 10.2. The molecule has 0 aliphatic heterocycles. The number of carbonyl (C=O) groups is 4. The Kier molecular flexibility index (Phi) is 9.69. The van der Waals surface area contributed by atoms with Crippen LogP contribution in [-0.2, 0) is 43.8 Å². The standard InChI is InChI=1S/C21H30N2O12S2/c1-20(2,3)33-17(26)13-22(12-16(24)25)18(27)35-23(19(28)34-21(4,5)6)37(31,32)15-11-9-8-10-14(15)36(7,29)30/h8-11H,12-13H2,1-7H3,(H,24,25). The molecule has 0 heterocycles. The van der Waals surface area contributed by atoms with E-state index in [1.54, 1.807) is 0 Å². The summed E-state index contributed by atoms with van der Waals surface area (Å²) in [7, 11) is -9.41. The molecule has 14 nitrogen and oxygen atoms in total. The van der Waals surface area contributed by atoms with Gasteiger partial charge in [0.1, 0.15) is 29.2 Å². The van der Waals surface area contributed by atoms with Crippen molar-refractivity contribution in [3.63, 3.8) is 0 Å². The van der Waals surface area contributed by atoms with Crippen molar-refractivity contribution >= 4 is 44.0 Å². The Morgan fingerprint density at radius 3 is 1.73 bits per heavy atom. The molecule has 37 heavy (non-hydrogen) atoms. The van der Waals surface area contributed by atoms with Gasteiger partial charge in [0.25, 0.3) is 0 Å². The number of ether oxygens (including phenoxy) is 2. The van der Waals surface area contributed by atoms with Crippen molar-refractivity contribution in [3.05, 3.63) is 24.3 Å². The number of sulfonamides is 1. The van der Waals surface area contributed by atoms with Crippen LogP contribution < -0.4 is 0 Å². The molecule has 1 aromatic carbocycles. The van der Waals surface area contributed by atoms with Crippen LogP contribution in [0.25, 0.3) is 0 Å². The molecule has 16 heteroatoms. The first-order chi connectivity index (χ1) is 16.5. The van der Waals surface area contributed by atoms with Gasteiger partial charge in [-0.15, -0.1) is 0 Å². The summed E-state index contributed by atoms with van der Waals surface area (Å²) < 4.78 is 60.6. The van der Waals surface area contributed by atoms with Gasteiger partial charge in [-0.05, 0) is 58.1 Å². The third-order valence-electron chi connectivity index (χ3n) is 3.77. The Morgan fingerprint density at radius 1 is 0.811 bits per heavy atom. The molecule has 0 atom stereocenters. The molecule has 0 saturated carbocycles. The lowest BCUT2D eigenvalue weighted by molar-refractivity contribution is -0.156. The van der Waals surface area contributed by atoms with Crippen LogP contribution >= 0.6 is 0 Å². The van der Waals surface area contributed by atoms with Crippen molar-refractivity contribution in [2.24, 2.45) is 0 Å². The number of rotatable bonds is 7. The summed E-state index contributed by atoms with van der Waals surface area (Å²) >= 11 is 0. The van der Waals surface area contributed by atoms with Crippen LogP contribution in [0.15, 0.2) is 34.1 Å². The molecule has 0 radical (unpaired) electrons. The number of benzene rings is 1. The van der Waals surface area contributed by atoms with E-state index >= 15 is 0 Å². The third kappa shape index (κ3) is 9.87. The zero-order valence-electron chi connectivity index (χ0n) is 21.4. The van der Waals surface area contributed by atoms with Gasteiger partial charge >= 0.3 is 34.1 Å². The van der Waals surface area contributed by atoms with Gasteiger partial charge in [-0.3, -0.25) is 19.3 Å². The van der Waals surface area contributed by atoms with Crippen molar-refractivity contribution < 1.29 is 55.4 Å². The van der Waals surface area contributed by atoms with E-state index in [1.807, 2.05) is 0 Å². The third-order valence-corrected chi connectivity index (χ3v) is 6.63. The number of amides is 2. The van der Waals surface area contributed by atoms with Gasteiger partial charge in [0, 0.05) is 6.26 Å². The van der Waals surface area contributed by atoms with Crippen molar-refractivity contribution in [2.45, 2.75) is 62.5 Å². The van der Waals surface area contributed by atoms with E-state index < -0.39 is 82.5 Å². The van der Waals surface area contributed by atoms with Crippen molar-refractivity contribution in [1.29, 1.82) is 0 Å². The van der Waals surface area contributed by atoms with E-state index in [-0.39, 0.29) is 4.90 Å². The van der Waals surface area contributed by atoms with Crippen LogP contribution in [-0.4, -0.2) is 86.0 Å². The molecule has 1 rings (SSSR count). The fourth-order valence-electron chi connectivity index (χ4n) is 2.55. The Hall–Kier alpha value is -3.40. The van der Waals surface area contributed by atoms with Crippen LogP contribution in [0.1, 0.15) is 41.5 Å². The second kappa shape index (κ2) is 11.3. The number of carboxylic acid groups (broad SMARTS) is 1. The summed E-state index contributed by atoms with van der Waals surface area (Å²) in [4.78, 5) is 52.4. The van der Waals surface area contributed by atoms with Crippen molar-refractivity contribution in [2.75, 3.05) is 19.3 Å². The quantitative estimate of drug-likeness (QED) is 0.372. The first kappa shape index (κ1) is 31.6. The minimum Gasteiger partial charge on any atom is -0.480 e. The molecule has 0 fully saturated rings. The van der Waals surface area contributed by atoms with Crippen LogP contribution in [0.2, 0.25) is 0 Å². The highest BCUT2D eigenvalue weighted by atomic mass is 32.2. The molecule has 0 aliphatic rings. The van der Waals surface area contributed by atoms with Gasteiger partial charge in [0.05, 0.1) is 4.90 Å². The zero-order valence-corrected chi connectivity index (χ0v) is 23.0. The number of hydrogen-bond donors (Lipinski definition) is 1. The summed E-state index contributed by atoms with van der Waals surface area (Å²) in [6, 6.07) is 4.20. The molecule has 0 spiro atoms. The molecular formula is C21H30N2O12S2. The molecule has 0 saturated heterocycles. The second-order valence-electron chi connectivity index (χ2n) is 9.62. The van der Waals surface area contributed by atoms with Gasteiger partial charge in [0.15, 0.2) is 9.84 Å². The molecule has 0 aliphatic carbocycles. The number of sulfone groups is 1. The van der Waals surface area contributed by atoms with Crippen molar-refractivity contribution in [3.8, 4) is 0 Å². The Labute approximate surface area is 215 Å². The minimum atomic E-state index is -5.25. The van der Waals surface area contributed by atoms with Gasteiger partial charge in [-0.25, -0.2) is 18.0 Å². The van der Waals surface area contributed by atoms with Crippen LogP contribution in [0.5, 0.6) is 0 Å².